The third-order valence-electron chi connectivity index (χ3n) is 6.81. The molecule has 0 spiro atoms. The van der Waals surface area contributed by atoms with Crippen molar-refractivity contribution in [3.8, 4) is 5.75 Å². The minimum atomic E-state index is 0.0681. The lowest BCUT2D eigenvalue weighted by Crippen LogP contribution is -2.42. The van der Waals surface area contributed by atoms with Crippen LogP contribution in [0.1, 0.15) is 37.2 Å². The molecule has 2 aliphatic rings. The fraction of sp³-hybridized carbons (Fsp3) is 0.542. The molecule has 0 N–H and O–H groups in total. The number of para-hydroxylation sites is 1. The highest BCUT2D eigenvalue weighted by atomic mass is 16.5. The first-order chi connectivity index (χ1) is 15.1. The summed E-state index contributed by atoms with van der Waals surface area (Å²) < 4.78 is 7.82. The highest BCUT2D eigenvalue weighted by Gasteiger charge is 2.40. The summed E-state index contributed by atoms with van der Waals surface area (Å²) in [5, 5.41) is 4.23. The fourth-order valence-electron chi connectivity index (χ4n) is 5.04. The van der Waals surface area contributed by atoms with Gasteiger partial charge in [0.2, 0.25) is 5.91 Å². The van der Waals surface area contributed by atoms with E-state index in [0.717, 1.165) is 44.8 Å². The molecule has 166 valence electrons. The van der Waals surface area contributed by atoms with Gasteiger partial charge in [-0.15, -0.1) is 0 Å². The molecule has 2 amide bonds. The van der Waals surface area contributed by atoms with Gasteiger partial charge >= 0.3 is 0 Å². The molecule has 31 heavy (non-hydrogen) atoms. The van der Waals surface area contributed by atoms with Gasteiger partial charge in [0, 0.05) is 51.8 Å². The van der Waals surface area contributed by atoms with Gasteiger partial charge in [0.15, 0.2) is 0 Å². The molecule has 7 heteroatoms. The van der Waals surface area contributed by atoms with E-state index in [9.17, 15) is 9.59 Å². The Balaban J connectivity index is 1.38. The lowest BCUT2D eigenvalue weighted by atomic mass is 9.78. The van der Waals surface area contributed by atoms with Crippen LogP contribution >= 0.6 is 0 Å². The van der Waals surface area contributed by atoms with Crippen LogP contribution in [0, 0.1) is 17.8 Å². The second-order valence-corrected chi connectivity index (χ2v) is 8.63. The van der Waals surface area contributed by atoms with Gasteiger partial charge in [-0.2, -0.15) is 5.10 Å². The van der Waals surface area contributed by atoms with Crippen molar-refractivity contribution in [2.75, 3.05) is 32.8 Å². The van der Waals surface area contributed by atoms with Crippen LogP contribution < -0.4 is 4.74 Å². The van der Waals surface area contributed by atoms with Crippen LogP contribution in [0.4, 0.5) is 0 Å². The molecule has 0 bridgehead atoms. The number of carbonyl (C=O) groups is 2. The number of rotatable bonds is 6. The summed E-state index contributed by atoms with van der Waals surface area (Å²) in [5.41, 5.74) is 0.665. The predicted octanol–water partition coefficient (Wildman–Crippen LogP) is 2.93. The Morgan fingerprint density at radius 3 is 2.48 bits per heavy atom. The average molecular weight is 425 g/mol. The van der Waals surface area contributed by atoms with Gasteiger partial charge in [0.05, 0.1) is 6.61 Å². The number of aryl methyl sites for hydroxylation is 1. The van der Waals surface area contributed by atoms with Gasteiger partial charge in [0.25, 0.3) is 5.91 Å². The van der Waals surface area contributed by atoms with E-state index in [1.54, 1.807) is 23.9 Å². The maximum Gasteiger partial charge on any atom is 0.272 e. The molecule has 2 aliphatic heterocycles. The zero-order chi connectivity index (χ0) is 21.8. The van der Waals surface area contributed by atoms with Gasteiger partial charge in [-0.25, -0.2) is 0 Å². The number of carbonyl (C=O) groups excluding carboxylic acids is 2. The quantitative estimate of drug-likeness (QED) is 0.715. The zero-order valence-electron chi connectivity index (χ0n) is 18.4. The minimum Gasteiger partial charge on any atom is -0.493 e. The molecule has 0 unspecified atom stereocenters. The molecule has 1 aromatic heterocycles. The highest BCUT2D eigenvalue weighted by Crippen LogP contribution is 2.36. The second-order valence-electron chi connectivity index (χ2n) is 8.63. The number of likely N-dealkylation sites (tertiary alicyclic amines) is 2. The van der Waals surface area contributed by atoms with Crippen LogP contribution in [0.25, 0.3) is 0 Å². The van der Waals surface area contributed by atoms with Crippen molar-refractivity contribution in [3.05, 3.63) is 48.3 Å². The molecule has 0 saturated carbocycles. The average Bonchev–Trinajstić information content (AvgIpc) is 3.45. The lowest BCUT2D eigenvalue weighted by molar-refractivity contribution is -0.128. The third-order valence-corrected chi connectivity index (χ3v) is 6.81. The Hall–Kier alpha value is -2.83. The normalized spacial score (nSPS) is 22.0. The summed E-state index contributed by atoms with van der Waals surface area (Å²) in [5.74, 6) is 2.29. The maximum atomic E-state index is 12.9. The molecular formula is C24H32N4O3. The van der Waals surface area contributed by atoms with Crippen molar-refractivity contribution < 1.29 is 14.3 Å². The maximum absolute atomic E-state index is 12.9. The van der Waals surface area contributed by atoms with Crippen LogP contribution in [0.3, 0.4) is 0 Å². The number of piperidine rings is 1. The molecule has 0 aliphatic carbocycles. The van der Waals surface area contributed by atoms with Crippen molar-refractivity contribution in [1.82, 2.24) is 19.6 Å². The SMILES string of the molecule is CCn1nccc1C(=O)N1CCC([C@@H]2CN(C(C)=O)C[C@H]2COc2ccccc2)CC1. The molecule has 2 saturated heterocycles. The lowest BCUT2D eigenvalue weighted by Gasteiger charge is -2.36. The molecule has 7 nitrogen and oxygen atoms in total. The van der Waals surface area contributed by atoms with Crippen LogP contribution in [0.5, 0.6) is 5.75 Å². The first-order valence-electron chi connectivity index (χ1n) is 11.3. The van der Waals surface area contributed by atoms with Crippen molar-refractivity contribution in [1.29, 1.82) is 0 Å². The van der Waals surface area contributed by atoms with Gasteiger partial charge in [-0.05, 0) is 49.8 Å². The first kappa shape index (κ1) is 21.4. The first-order valence-corrected chi connectivity index (χ1v) is 11.3. The Bertz CT molecular complexity index is 889. The summed E-state index contributed by atoms with van der Waals surface area (Å²) in [6.07, 6.45) is 3.62. The molecule has 3 heterocycles. The molecule has 2 aromatic rings. The van der Waals surface area contributed by atoms with E-state index in [2.05, 4.69) is 5.10 Å². The van der Waals surface area contributed by atoms with E-state index in [1.807, 2.05) is 47.1 Å². The number of nitrogens with zero attached hydrogens (tertiary/aromatic N) is 4. The predicted molar refractivity (Wildman–Crippen MR) is 118 cm³/mol. The second kappa shape index (κ2) is 9.54. The van der Waals surface area contributed by atoms with Crippen molar-refractivity contribution in [2.45, 2.75) is 33.2 Å². The Labute approximate surface area is 184 Å². The van der Waals surface area contributed by atoms with Gasteiger partial charge in [0.1, 0.15) is 11.4 Å². The largest absolute Gasteiger partial charge is 0.493 e. The standard InChI is InChI=1S/C24H32N4O3/c1-3-28-23(9-12-25-28)24(30)26-13-10-19(11-14-26)22-16-27(18(2)29)15-20(22)17-31-21-7-5-4-6-8-21/h4-9,12,19-20,22H,3,10-11,13-17H2,1-2H3/t20-,22-/m0/s1. The number of amides is 2. The van der Waals surface area contributed by atoms with Gasteiger partial charge in [-0.1, -0.05) is 18.2 Å². The molecule has 2 atom stereocenters. The summed E-state index contributed by atoms with van der Waals surface area (Å²) in [6, 6.07) is 11.7. The smallest absolute Gasteiger partial charge is 0.272 e. The Morgan fingerprint density at radius 1 is 1.06 bits per heavy atom. The highest BCUT2D eigenvalue weighted by molar-refractivity contribution is 5.92. The van der Waals surface area contributed by atoms with Crippen molar-refractivity contribution >= 4 is 11.8 Å². The van der Waals surface area contributed by atoms with Crippen LogP contribution in [-0.4, -0.2) is 64.2 Å². The van der Waals surface area contributed by atoms with E-state index in [1.165, 1.54) is 0 Å². The topological polar surface area (TPSA) is 67.7 Å². The number of hydrogen-bond acceptors (Lipinski definition) is 4. The molecule has 1 aromatic carbocycles. The summed E-state index contributed by atoms with van der Waals surface area (Å²) in [7, 11) is 0. The molecule has 4 rings (SSSR count). The van der Waals surface area contributed by atoms with E-state index in [4.69, 9.17) is 4.74 Å². The van der Waals surface area contributed by atoms with E-state index >= 15 is 0 Å². The molecular weight excluding hydrogens is 392 g/mol. The number of benzene rings is 1. The summed E-state index contributed by atoms with van der Waals surface area (Å²) in [6.45, 7) is 8.00. The molecule has 0 radical (unpaired) electrons. The number of hydrogen-bond donors (Lipinski definition) is 0. The van der Waals surface area contributed by atoms with Crippen LogP contribution in [-0.2, 0) is 11.3 Å². The summed E-state index contributed by atoms with van der Waals surface area (Å²) in [4.78, 5) is 28.9. The van der Waals surface area contributed by atoms with Gasteiger partial charge in [-0.3, -0.25) is 14.3 Å². The number of ether oxygens (including phenoxy) is 1. The third kappa shape index (κ3) is 4.75. The zero-order valence-corrected chi connectivity index (χ0v) is 18.4. The van der Waals surface area contributed by atoms with E-state index in [0.29, 0.717) is 36.6 Å². The van der Waals surface area contributed by atoms with E-state index in [-0.39, 0.29) is 11.8 Å². The minimum absolute atomic E-state index is 0.0681. The Morgan fingerprint density at radius 2 is 1.81 bits per heavy atom. The number of aromatic nitrogens is 2. The van der Waals surface area contributed by atoms with Crippen LogP contribution in [0.15, 0.2) is 42.6 Å². The monoisotopic (exact) mass is 424 g/mol. The van der Waals surface area contributed by atoms with Gasteiger partial charge < -0.3 is 14.5 Å². The molecule has 2 fully saturated rings. The van der Waals surface area contributed by atoms with Crippen LogP contribution in [0.2, 0.25) is 0 Å². The van der Waals surface area contributed by atoms with E-state index < -0.39 is 0 Å². The Kier molecular flexibility index (Phi) is 6.59. The fourth-order valence-corrected chi connectivity index (χ4v) is 5.04. The van der Waals surface area contributed by atoms with Crippen molar-refractivity contribution in [2.24, 2.45) is 17.8 Å². The summed E-state index contributed by atoms with van der Waals surface area (Å²) >= 11 is 0. The van der Waals surface area contributed by atoms with Crippen molar-refractivity contribution in [3.63, 3.8) is 0 Å².